The van der Waals surface area contributed by atoms with Crippen molar-refractivity contribution in [2.24, 2.45) is 0 Å². The average Bonchev–Trinajstić information content (AvgIpc) is 0.918. The predicted molar refractivity (Wildman–Crippen MR) is 20.4 cm³/mol. The molecule has 0 aromatic heterocycles. The molecule has 0 bridgehead atoms. The van der Waals surface area contributed by atoms with E-state index in [9.17, 15) is 0 Å². The van der Waals surface area contributed by atoms with Gasteiger partial charge < -0.3 is 0 Å². The zero-order chi connectivity index (χ0) is 2.71. The van der Waals surface area contributed by atoms with Gasteiger partial charge in [0.05, 0.1) is 0 Å². The van der Waals surface area contributed by atoms with E-state index in [1.807, 2.05) is 0 Å². The molecule has 0 atom stereocenters. The number of carbonyl (C=O) groups excluding carboxylic acids is 1. The summed E-state index contributed by atoms with van der Waals surface area (Å²) in [5.74, 6) is 0. The van der Waals surface area contributed by atoms with Crippen LogP contribution in [0.5, 0.6) is 0 Å². The van der Waals surface area contributed by atoms with Crippen molar-refractivity contribution < 1.29 is 4.79 Å². The Morgan fingerprint density at radius 3 is 1.75 bits per heavy atom. The Morgan fingerprint density at radius 2 is 1.75 bits per heavy atom. The van der Waals surface area contributed by atoms with Crippen molar-refractivity contribution in [2.75, 3.05) is 0 Å². The van der Waals surface area contributed by atoms with Crippen molar-refractivity contribution >= 4 is 36.3 Å². The maximum absolute atomic E-state index is 8.50. The molecule has 0 fully saturated rings. The van der Waals surface area contributed by atoms with E-state index >= 15 is 0 Å². The second kappa shape index (κ2) is 10.00. The first-order valence-electron chi connectivity index (χ1n) is 0.408. The Labute approximate surface area is 41.6 Å². The summed E-state index contributed by atoms with van der Waals surface area (Å²) in [6.45, 7) is 0. The third-order valence-corrected chi connectivity index (χ3v) is 0. The maximum atomic E-state index is 8.50. The van der Waals surface area contributed by atoms with Crippen LogP contribution in [0.4, 0.5) is 0 Å². The molecule has 0 spiro atoms. The van der Waals surface area contributed by atoms with Gasteiger partial charge in [-0.25, -0.2) is 4.79 Å². The first kappa shape index (κ1) is 8.83. The van der Waals surface area contributed by atoms with Crippen molar-refractivity contribution in [3.05, 3.63) is 0 Å². The van der Waals surface area contributed by atoms with E-state index in [4.69, 9.17) is 4.79 Å². The SMILES string of the molecule is O=C=S.[LiH]. The van der Waals surface area contributed by atoms with Gasteiger partial charge in [-0.05, 0) is 0 Å². The fourth-order valence-electron chi connectivity index (χ4n) is 0. The van der Waals surface area contributed by atoms with Crippen LogP contribution < -0.4 is 0 Å². The van der Waals surface area contributed by atoms with E-state index in [0.717, 1.165) is 5.23 Å². The Hall–Kier alpha value is 0.397. The molecule has 0 saturated heterocycles. The molecule has 0 aromatic rings. The molecule has 0 radical (unpaired) electrons. The quantitative estimate of drug-likeness (QED) is 0.284. The molecule has 0 aliphatic heterocycles. The second-order valence-corrected chi connectivity index (χ2v) is 0.250. The minimum atomic E-state index is 0. The molecule has 4 heavy (non-hydrogen) atoms. The summed E-state index contributed by atoms with van der Waals surface area (Å²) < 4.78 is 0. The van der Waals surface area contributed by atoms with Crippen molar-refractivity contribution in [2.45, 2.75) is 0 Å². The minimum absolute atomic E-state index is 0. The van der Waals surface area contributed by atoms with Crippen LogP contribution in [-0.2, 0) is 4.79 Å². The van der Waals surface area contributed by atoms with Crippen LogP contribution in [-0.4, -0.2) is 24.1 Å². The molecule has 0 aliphatic carbocycles. The molecule has 0 aromatic carbocycles. The molecule has 0 aliphatic rings. The van der Waals surface area contributed by atoms with Gasteiger partial charge in [-0.15, -0.1) is 0 Å². The first-order valence-corrected chi connectivity index (χ1v) is 0.816. The van der Waals surface area contributed by atoms with Crippen LogP contribution in [0.2, 0.25) is 0 Å². The summed E-state index contributed by atoms with van der Waals surface area (Å²) in [5.41, 5.74) is 0. The van der Waals surface area contributed by atoms with E-state index in [2.05, 4.69) is 12.2 Å². The van der Waals surface area contributed by atoms with Gasteiger partial charge in [-0.1, -0.05) is 0 Å². The number of hydrogen-bond donors (Lipinski definition) is 0. The van der Waals surface area contributed by atoms with E-state index in [1.165, 1.54) is 0 Å². The Morgan fingerprint density at radius 1 is 1.75 bits per heavy atom. The van der Waals surface area contributed by atoms with Crippen LogP contribution in [0.1, 0.15) is 0 Å². The van der Waals surface area contributed by atoms with Crippen LogP contribution >= 0.6 is 12.2 Å². The monoisotopic (exact) mass is 68.0 g/mol. The van der Waals surface area contributed by atoms with Crippen molar-refractivity contribution in [1.82, 2.24) is 0 Å². The number of hydrogen-bond acceptors (Lipinski definition) is 2. The van der Waals surface area contributed by atoms with Gasteiger partial charge in [-0.2, -0.15) is 0 Å². The van der Waals surface area contributed by atoms with Gasteiger partial charge in [-0.3, -0.25) is 0 Å². The van der Waals surface area contributed by atoms with Crippen LogP contribution in [0.3, 0.4) is 0 Å². The summed E-state index contributed by atoms with van der Waals surface area (Å²) in [6.07, 6.45) is 0. The molecule has 3 heteroatoms. The van der Waals surface area contributed by atoms with Crippen LogP contribution in [0.25, 0.3) is 0 Å². The van der Waals surface area contributed by atoms with Gasteiger partial charge in [0.25, 0.3) is 0 Å². The molecular formula is CHLiOS. The summed E-state index contributed by atoms with van der Waals surface area (Å²) in [5, 5.41) is 1.08. The molecule has 0 saturated carbocycles. The summed E-state index contributed by atoms with van der Waals surface area (Å²) in [4.78, 5) is 8.50. The van der Waals surface area contributed by atoms with Crippen LogP contribution in [0, 0.1) is 0 Å². The fourth-order valence-corrected chi connectivity index (χ4v) is 0. The third kappa shape index (κ3) is 29.6. The fraction of sp³-hybridized carbons (Fsp3) is 0. The van der Waals surface area contributed by atoms with Gasteiger partial charge in [0.1, 0.15) is 0 Å². The van der Waals surface area contributed by atoms with E-state index in [0.29, 0.717) is 0 Å². The topological polar surface area (TPSA) is 17.1 Å². The summed E-state index contributed by atoms with van der Waals surface area (Å²) in [6, 6.07) is 0. The van der Waals surface area contributed by atoms with Gasteiger partial charge in [0, 0.05) is 12.2 Å². The van der Waals surface area contributed by atoms with Gasteiger partial charge in [0.2, 0.25) is 5.23 Å². The molecule has 0 heterocycles. The second-order valence-electron chi connectivity index (χ2n) is 0.0833. The molecule has 18 valence electrons. The van der Waals surface area contributed by atoms with Gasteiger partial charge in [0.15, 0.2) is 0 Å². The van der Waals surface area contributed by atoms with Crippen LogP contribution in [0.15, 0.2) is 0 Å². The number of rotatable bonds is 0. The van der Waals surface area contributed by atoms with Crippen molar-refractivity contribution in [1.29, 1.82) is 0 Å². The zero-order valence-electron chi connectivity index (χ0n) is 1.32. The van der Waals surface area contributed by atoms with E-state index in [1.54, 1.807) is 0 Å². The normalized spacial score (nSPS) is 2.00. The Bertz CT molecular complexity index is 29.0. The zero-order valence-corrected chi connectivity index (χ0v) is 2.13. The first-order chi connectivity index (χ1) is 1.41. The molecule has 1 nitrogen and oxygen atoms in total. The van der Waals surface area contributed by atoms with E-state index < -0.39 is 0 Å². The third-order valence-electron chi connectivity index (χ3n) is 0. The van der Waals surface area contributed by atoms with E-state index in [-0.39, 0.29) is 18.9 Å². The standard InChI is InChI=1S/COS.Li.H/c2-1-3;;. The number of thiocarbonyl (C=S) groups is 1. The Balaban J connectivity index is 0. The molecular weight excluding hydrogens is 67.0 g/mol. The van der Waals surface area contributed by atoms with Crippen molar-refractivity contribution in [3.63, 3.8) is 0 Å². The van der Waals surface area contributed by atoms with Crippen molar-refractivity contribution in [3.8, 4) is 0 Å². The summed E-state index contributed by atoms with van der Waals surface area (Å²) in [7, 11) is 0. The van der Waals surface area contributed by atoms with Gasteiger partial charge >= 0.3 is 18.9 Å². The Kier molecular flexibility index (Phi) is 22.1. The molecule has 0 N–H and O–H groups in total. The molecule has 0 rings (SSSR count). The summed E-state index contributed by atoms with van der Waals surface area (Å²) >= 11 is 3.59. The molecule has 0 amide bonds. The molecule has 0 unspecified atom stereocenters. The predicted octanol–water partition coefficient (Wildman–Crippen LogP) is -0.397. The average molecular weight is 68.0 g/mol.